The Labute approximate surface area is 438 Å². The highest BCUT2D eigenvalue weighted by molar-refractivity contribution is 8.13. The largest absolute Gasteiger partial charge is 0.503 e. The number of fused-ring (bicyclic) bond motifs is 1. The maximum Gasteiger partial charge on any atom is 0.481 e. The summed E-state index contributed by atoms with van der Waals surface area (Å²) in [6.45, 7) is 2.23. The van der Waals surface area contributed by atoms with Gasteiger partial charge in [-0.2, -0.15) is 4.31 Å². The van der Waals surface area contributed by atoms with Gasteiger partial charge in [-0.25, -0.2) is 33.6 Å². The van der Waals surface area contributed by atoms with E-state index in [1.165, 1.54) is 58.2 Å². The van der Waals surface area contributed by atoms with E-state index >= 15 is 0 Å². The van der Waals surface area contributed by atoms with Gasteiger partial charge < -0.3 is 65.8 Å². The molecule has 4 heterocycles. The van der Waals surface area contributed by atoms with Gasteiger partial charge in [0.25, 0.3) is 5.88 Å². The molecule has 0 saturated carbocycles. The second-order valence-corrected chi connectivity index (χ2v) is 22.6. The Morgan fingerprint density at radius 2 is 1.58 bits per heavy atom. The van der Waals surface area contributed by atoms with Crippen LogP contribution in [0, 0.1) is 5.41 Å². The van der Waals surface area contributed by atoms with Crippen LogP contribution in [-0.4, -0.2) is 156 Å². The average molecular weight is 1160 g/mol. The smallest absolute Gasteiger partial charge is 0.481 e. The summed E-state index contributed by atoms with van der Waals surface area (Å²) in [5, 5.41) is 43.5. The van der Waals surface area contributed by atoms with Crippen LogP contribution in [0.25, 0.3) is 11.2 Å². The zero-order valence-electron chi connectivity index (χ0n) is 41.4. The normalized spacial score (nSPS) is 18.6. The fraction of sp³-hybridized carbons (Fsp3) is 0.610. The molecule has 0 aromatic carbocycles. The molecular weight excluding hydrogens is 1100 g/mol. The zero-order valence-corrected chi connectivity index (χ0v) is 44.9. The lowest BCUT2D eigenvalue weighted by atomic mass is 9.87. The summed E-state index contributed by atoms with van der Waals surface area (Å²) in [4.78, 5) is 124. The maximum absolute atomic E-state index is 12.7. The molecule has 31 nitrogen and oxygen atoms in total. The number of nitrogens with one attached hydrogen (secondary N) is 2. The molecule has 7 atom stereocenters. The highest BCUT2D eigenvalue weighted by Gasteiger charge is 2.50. The van der Waals surface area contributed by atoms with Gasteiger partial charge >= 0.3 is 35.4 Å². The minimum atomic E-state index is -5.60. The number of hydrogen-bond acceptors (Lipinski definition) is 24. The summed E-state index contributed by atoms with van der Waals surface area (Å²) in [5.74, 6) is -4.15. The molecule has 0 aliphatic carbocycles. The van der Waals surface area contributed by atoms with Crippen molar-refractivity contribution in [2.24, 2.45) is 5.41 Å². The molecule has 1 aliphatic heterocycles. The molecule has 0 bridgehead atoms. The molecule has 4 rings (SSSR count). The zero-order chi connectivity index (χ0) is 56.9. The molecule has 0 radical (unpaired) electrons. The number of rotatable bonds is 32. The topological polar surface area (TPSA) is 477 Å². The van der Waals surface area contributed by atoms with Crippen LogP contribution in [-0.2, 0) is 65.1 Å². The number of amides is 2. The minimum Gasteiger partial charge on any atom is -0.503 e. The number of pyridine rings is 1. The molecule has 35 heteroatoms. The number of aliphatic carboxylic acids is 1. The molecule has 426 valence electrons. The SMILES string of the molecule is CC(C)(COP(=O)(O)OP(=O)(O)OC[C@H]1O[C@@H](n2cnc3c(N)ncnc32)[C@H](O)[C@@H]1OP(=O)(O)O)[C@@H](O)C(=O)NCCC(=O)NCCSC(=O)CC(=O)CC(=O)O.CCCCCCCCCC(=O)Oc1ncccc1O. The molecular formula is C41H63N8O23P3S. The number of carbonyl (C=O) groups is 6. The van der Waals surface area contributed by atoms with Gasteiger partial charge in [0.2, 0.25) is 11.8 Å². The molecule has 2 amide bonds. The van der Waals surface area contributed by atoms with Crippen molar-refractivity contribution in [1.82, 2.24) is 35.1 Å². The van der Waals surface area contributed by atoms with Crippen LogP contribution < -0.4 is 21.1 Å². The van der Waals surface area contributed by atoms with Gasteiger partial charge in [-0.15, -0.1) is 0 Å². The van der Waals surface area contributed by atoms with Crippen molar-refractivity contribution < 1.29 is 110 Å². The number of aliphatic hydroxyl groups is 2. The fourth-order valence-corrected chi connectivity index (χ4v) is 10.1. The van der Waals surface area contributed by atoms with Gasteiger partial charge in [-0.3, -0.25) is 46.9 Å². The van der Waals surface area contributed by atoms with Crippen molar-refractivity contribution >= 4 is 86.9 Å². The summed E-state index contributed by atoms with van der Waals surface area (Å²) in [6, 6.07) is 3.03. The highest BCUT2D eigenvalue weighted by Crippen LogP contribution is 2.61. The monoisotopic (exact) mass is 1160 g/mol. The Balaban J connectivity index is 0.000000671. The van der Waals surface area contributed by atoms with Crippen molar-refractivity contribution in [3.8, 4) is 11.6 Å². The van der Waals surface area contributed by atoms with Crippen LogP contribution in [0.1, 0.15) is 97.6 Å². The Bertz CT molecular complexity index is 2590. The number of carbonyl (C=O) groups excluding carboxylic acids is 5. The molecule has 0 spiro atoms. The Kier molecular flexibility index (Phi) is 26.6. The van der Waals surface area contributed by atoms with E-state index in [-0.39, 0.29) is 59.8 Å². The molecule has 12 N–H and O–H groups in total. The Hall–Kier alpha value is -4.88. The summed E-state index contributed by atoms with van der Waals surface area (Å²) in [6.07, 6.45) is 1.41. The van der Waals surface area contributed by atoms with Crippen molar-refractivity contribution in [2.45, 2.75) is 122 Å². The van der Waals surface area contributed by atoms with Crippen molar-refractivity contribution in [1.29, 1.82) is 0 Å². The first-order chi connectivity index (χ1) is 35.5. The number of Topliss-reactive ketones (excluding diaryl/α,β-unsaturated/α-hetero) is 1. The lowest BCUT2D eigenvalue weighted by Crippen LogP contribution is -2.46. The van der Waals surface area contributed by atoms with Crippen LogP contribution >= 0.6 is 35.2 Å². The number of unbranched alkanes of at least 4 members (excludes halogenated alkanes) is 6. The number of anilines is 1. The number of imidazole rings is 1. The van der Waals surface area contributed by atoms with Gasteiger partial charge in [-0.05, 0) is 18.6 Å². The number of carboxylic acid groups (broad SMARTS) is 1. The minimum absolute atomic E-state index is 0.00174. The fourth-order valence-electron chi connectivity index (χ4n) is 6.58. The van der Waals surface area contributed by atoms with E-state index in [2.05, 4.69) is 46.3 Å². The van der Waals surface area contributed by atoms with Gasteiger partial charge in [0, 0.05) is 43.3 Å². The molecule has 2 unspecified atom stereocenters. The van der Waals surface area contributed by atoms with E-state index in [1.807, 2.05) is 0 Å². The number of carboxylic acids is 1. The number of ether oxygens (including phenoxy) is 2. The number of aromatic nitrogens is 5. The molecule has 1 aliphatic rings. The van der Waals surface area contributed by atoms with Crippen LogP contribution in [0.4, 0.5) is 5.82 Å². The van der Waals surface area contributed by atoms with Crippen LogP contribution in [0.3, 0.4) is 0 Å². The van der Waals surface area contributed by atoms with E-state index < -0.39 is 114 Å². The van der Waals surface area contributed by atoms with E-state index in [1.54, 1.807) is 6.07 Å². The molecule has 1 saturated heterocycles. The number of aromatic hydroxyl groups is 1. The highest BCUT2D eigenvalue weighted by atomic mass is 32.2. The first-order valence-electron chi connectivity index (χ1n) is 23.2. The first kappa shape index (κ1) is 65.4. The second kappa shape index (κ2) is 30.9. The van der Waals surface area contributed by atoms with Crippen molar-refractivity contribution in [3.05, 3.63) is 31.0 Å². The van der Waals surface area contributed by atoms with Gasteiger partial charge in [-0.1, -0.05) is 71.1 Å². The van der Waals surface area contributed by atoms with E-state index in [9.17, 15) is 77.4 Å². The Morgan fingerprint density at radius 1 is 0.908 bits per heavy atom. The van der Waals surface area contributed by atoms with Gasteiger partial charge in [0.15, 0.2) is 34.3 Å². The second-order valence-electron chi connectivity index (χ2n) is 17.2. The third-order valence-electron chi connectivity index (χ3n) is 10.4. The third kappa shape index (κ3) is 23.4. The van der Waals surface area contributed by atoms with Gasteiger partial charge in [0.05, 0.1) is 26.0 Å². The lowest BCUT2D eigenvalue weighted by molar-refractivity contribution is -0.140. The van der Waals surface area contributed by atoms with Crippen LogP contribution in [0.15, 0.2) is 31.0 Å². The number of thioether (sulfide) groups is 1. The standard InChI is InChI=1S/C26H40N7O20P3S.C15H23NO3/c1-26(2,21(40)24(41)29-4-3-15(35)28-5-6-57-17(38)8-13(34)7-16(36)37)10-50-56(47,48)53-55(45,46)49-9-14-20(52-54(42,43)44)19(39)25(51-14)33-12-32-18-22(27)30-11-31-23(18)33;1-2-3-4-5-6-7-8-11-14(18)19-15-13(17)10-9-12-16-15/h11-12,14,19-21,25,39-40H,3-10H2,1-2H3,(H,28,35)(H,29,41)(H,36,37)(H,45,46)(H,47,48)(H2,27,30,31)(H2,42,43,44);9-10,12,17H,2-8,11H2,1H3/t14-,19-,20-,21+,25-;/m1./s1. The first-order valence-corrected chi connectivity index (χ1v) is 28.7. The van der Waals surface area contributed by atoms with Crippen molar-refractivity contribution in [2.75, 3.05) is 37.8 Å². The number of phosphoric acid groups is 3. The number of nitrogens with zero attached hydrogens (tertiary/aromatic N) is 5. The lowest BCUT2D eigenvalue weighted by Gasteiger charge is -2.30. The number of nitrogens with two attached hydrogens (primary N) is 1. The van der Waals surface area contributed by atoms with E-state index in [4.69, 9.17) is 29.4 Å². The summed E-state index contributed by atoms with van der Waals surface area (Å²) in [7, 11) is -16.5. The number of hydrogen-bond donors (Lipinski definition) is 11. The number of nitrogen functional groups attached to an aromatic ring is 1. The predicted molar refractivity (Wildman–Crippen MR) is 263 cm³/mol. The van der Waals surface area contributed by atoms with Crippen molar-refractivity contribution in [3.63, 3.8) is 0 Å². The number of esters is 1. The quantitative estimate of drug-likeness (QED) is 0.0184. The number of aliphatic hydroxyl groups excluding tert-OH is 2. The Morgan fingerprint density at radius 3 is 2.24 bits per heavy atom. The average Bonchev–Trinajstić information content (AvgIpc) is 3.88. The van der Waals surface area contributed by atoms with Crippen LogP contribution in [0.5, 0.6) is 11.6 Å². The summed E-state index contributed by atoms with van der Waals surface area (Å²) in [5.41, 5.74) is 4.16. The van der Waals surface area contributed by atoms with E-state index in [0.717, 1.165) is 30.1 Å². The summed E-state index contributed by atoms with van der Waals surface area (Å²) < 4.78 is 66.9. The molecule has 3 aromatic rings. The van der Waals surface area contributed by atoms with E-state index in [0.29, 0.717) is 18.2 Å². The predicted octanol–water partition coefficient (Wildman–Crippen LogP) is 1.93. The van der Waals surface area contributed by atoms with Crippen LogP contribution in [0.2, 0.25) is 0 Å². The number of ketones is 1. The molecule has 1 fully saturated rings. The maximum atomic E-state index is 12.7. The van der Waals surface area contributed by atoms with Gasteiger partial charge in [0.1, 0.15) is 42.7 Å². The third-order valence-corrected chi connectivity index (χ3v) is 14.4. The number of phosphoric ester groups is 3. The molecule has 76 heavy (non-hydrogen) atoms. The summed E-state index contributed by atoms with van der Waals surface area (Å²) >= 11 is 0.712. The molecule has 3 aromatic heterocycles.